The molecule has 5 nitrogen and oxygen atoms in total. The first-order valence-electron chi connectivity index (χ1n) is 7.85. The van der Waals surface area contributed by atoms with Crippen molar-refractivity contribution in [2.45, 2.75) is 32.1 Å². The molecule has 1 aliphatic heterocycles. The zero-order valence-electron chi connectivity index (χ0n) is 12.5. The van der Waals surface area contributed by atoms with Crippen molar-refractivity contribution in [2.24, 2.45) is 10.9 Å². The molecule has 0 aromatic rings. The molecule has 2 N–H and O–H groups in total. The van der Waals surface area contributed by atoms with Gasteiger partial charge >= 0.3 is 6.03 Å². The number of fused-ring (bicyclic) bond motifs is 1. The summed E-state index contributed by atoms with van der Waals surface area (Å²) in [6, 6.07) is 8.67. The van der Waals surface area contributed by atoms with Crippen molar-refractivity contribution >= 4 is 6.03 Å². The predicted octanol–water partition coefficient (Wildman–Crippen LogP) is 3.02. The van der Waals surface area contributed by atoms with Gasteiger partial charge in [-0.3, -0.25) is 0 Å². The Morgan fingerprint density at radius 1 is 1.27 bits per heavy atom. The first-order chi connectivity index (χ1) is 10.7. The molecule has 2 amide bonds. The molecule has 1 fully saturated rings. The third-order valence-corrected chi connectivity index (χ3v) is 4.26. The van der Waals surface area contributed by atoms with E-state index in [1.807, 2.05) is 12.1 Å². The van der Waals surface area contributed by atoms with Crippen molar-refractivity contribution in [3.05, 3.63) is 41.9 Å². The van der Waals surface area contributed by atoms with E-state index in [4.69, 9.17) is 0 Å². The predicted molar refractivity (Wildman–Crippen MR) is 83.8 cm³/mol. The van der Waals surface area contributed by atoms with Gasteiger partial charge in [-0.2, -0.15) is 9.72 Å². The molecule has 0 unspecified atom stereocenters. The van der Waals surface area contributed by atoms with E-state index in [0.29, 0.717) is 23.5 Å². The van der Waals surface area contributed by atoms with Crippen LogP contribution >= 0.6 is 0 Å². The second-order valence-electron chi connectivity index (χ2n) is 5.90. The summed E-state index contributed by atoms with van der Waals surface area (Å²) in [7, 11) is 0. The van der Waals surface area contributed by atoms with Gasteiger partial charge in [0.2, 0.25) is 0 Å². The molecule has 0 aromatic heterocycles. The molecule has 0 radical (unpaired) electrons. The summed E-state index contributed by atoms with van der Waals surface area (Å²) in [5, 5.41) is 13.2. The highest BCUT2D eigenvalue weighted by Gasteiger charge is 2.13. The highest BCUT2D eigenvalue weighted by atomic mass is 16.5. The lowest BCUT2D eigenvalue weighted by atomic mass is 9.89. The summed E-state index contributed by atoms with van der Waals surface area (Å²) in [5.74, 6) is 0.587. The summed E-state index contributed by atoms with van der Waals surface area (Å²) in [5.41, 5.74) is 1.52. The van der Waals surface area contributed by atoms with Gasteiger partial charge in [0.05, 0.1) is 11.1 Å². The third kappa shape index (κ3) is 3.47. The van der Waals surface area contributed by atoms with Crippen LogP contribution in [0.5, 0.6) is 0 Å². The minimum absolute atomic E-state index is 0.314. The molecule has 0 spiro atoms. The molecule has 22 heavy (non-hydrogen) atoms. The summed E-state index contributed by atoms with van der Waals surface area (Å²) in [4.78, 5) is 16.0. The van der Waals surface area contributed by atoms with Crippen LogP contribution < -0.4 is 10.7 Å². The molecule has 3 rings (SSSR count). The fraction of sp³-hybridized carbons (Fsp3) is 0.412. The molecule has 0 atom stereocenters. The van der Waals surface area contributed by atoms with Gasteiger partial charge in [-0.25, -0.2) is 4.79 Å². The van der Waals surface area contributed by atoms with Crippen molar-refractivity contribution in [1.29, 1.82) is 0 Å². The van der Waals surface area contributed by atoms with Crippen molar-refractivity contribution in [3.63, 3.8) is 0 Å². The number of nitrogens with one attached hydrogen (secondary N) is 1. The van der Waals surface area contributed by atoms with Crippen molar-refractivity contribution in [1.82, 2.24) is 10.0 Å². The first kappa shape index (κ1) is 14.6. The zero-order chi connectivity index (χ0) is 15.4. The van der Waals surface area contributed by atoms with Crippen LogP contribution in [0, 0.1) is 5.92 Å². The topological polar surface area (TPSA) is 66.6 Å². The number of carbonyl (C=O) groups excluding carboxylic acids is 1. The molecule has 3 aliphatic rings. The van der Waals surface area contributed by atoms with Crippen LogP contribution in [0.1, 0.15) is 32.1 Å². The molecule has 2 aliphatic carbocycles. The number of rotatable bonds is 2. The normalized spacial score (nSPS) is 16.8. The summed E-state index contributed by atoms with van der Waals surface area (Å²) in [6.07, 6.45) is 7.78. The van der Waals surface area contributed by atoms with Crippen LogP contribution in [0.3, 0.4) is 0 Å². The smallest absolute Gasteiger partial charge is 0.341 e. The van der Waals surface area contributed by atoms with Gasteiger partial charge in [0.15, 0.2) is 0 Å². The summed E-state index contributed by atoms with van der Waals surface area (Å²) < 4.78 is 1.04. The van der Waals surface area contributed by atoms with E-state index in [0.717, 1.165) is 10.3 Å². The van der Waals surface area contributed by atoms with Gasteiger partial charge in [-0.05, 0) is 37.0 Å². The lowest BCUT2D eigenvalue weighted by Crippen LogP contribution is -2.29. The standard InChI is InChI=1S/C17H21N3O2/c21-17(18-12-13-5-2-1-3-6-13)19-15-9-8-14-7-4-10-20(22)16(14)11-15/h4,7-11,13,22H,1-3,5-6,12H2,(H,18,21). The van der Waals surface area contributed by atoms with Crippen molar-refractivity contribution in [3.8, 4) is 11.3 Å². The number of amides is 2. The first-order valence-corrected chi connectivity index (χ1v) is 7.85. The van der Waals surface area contributed by atoms with E-state index in [9.17, 15) is 10.0 Å². The number of hydrogen-bond donors (Lipinski definition) is 2. The average Bonchev–Trinajstić information content (AvgIpc) is 2.55. The van der Waals surface area contributed by atoms with Crippen molar-refractivity contribution in [2.75, 3.05) is 6.54 Å². The Balaban J connectivity index is 1.70. The molecule has 5 heteroatoms. The molecule has 1 saturated carbocycles. The quantitative estimate of drug-likeness (QED) is 0.837. The van der Waals surface area contributed by atoms with Crippen LogP contribution in [-0.4, -0.2) is 22.5 Å². The monoisotopic (exact) mass is 299 g/mol. The number of benzene rings is 1. The Morgan fingerprint density at radius 3 is 2.91 bits per heavy atom. The Hall–Kier alpha value is -2.30. The Morgan fingerprint density at radius 2 is 2.09 bits per heavy atom. The second-order valence-corrected chi connectivity index (χ2v) is 5.90. The van der Waals surface area contributed by atoms with Gasteiger partial charge in [0.25, 0.3) is 0 Å². The van der Waals surface area contributed by atoms with Gasteiger partial charge in [0, 0.05) is 18.3 Å². The Bertz CT molecular complexity index is 687. The summed E-state index contributed by atoms with van der Waals surface area (Å²) in [6.45, 7) is 0.704. The third-order valence-electron chi connectivity index (χ3n) is 4.26. The van der Waals surface area contributed by atoms with E-state index < -0.39 is 0 Å². The average molecular weight is 299 g/mol. The lowest BCUT2D eigenvalue weighted by Gasteiger charge is -2.21. The number of aromatic nitrogens is 1. The molecule has 1 heterocycles. The second kappa shape index (κ2) is 6.64. The lowest BCUT2D eigenvalue weighted by molar-refractivity contribution is 0.189. The SMILES string of the molecule is O=C(N=c1ccc2cccn(O)c-2c1)NCC1CCCCC1. The highest BCUT2D eigenvalue weighted by Crippen LogP contribution is 2.22. The van der Waals surface area contributed by atoms with Crippen LogP contribution in [-0.2, 0) is 0 Å². The van der Waals surface area contributed by atoms with Crippen molar-refractivity contribution < 1.29 is 10.0 Å². The van der Waals surface area contributed by atoms with Crippen LogP contribution in [0.2, 0.25) is 0 Å². The van der Waals surface area contributed by atoms with E-state index >= 15 is 0 Å². The number of urea groups is 1. The molecular weight excluding hydrogens is 278 g/mol. The molecule has 116 valence electrons. The number of carbonyl (C=O) groups is 1. The maximum Gasteiger partial charge on any atom is 0.341 e. The van der Waals surface area contributed by atoms with E-state index in [1.54, 1.807) is 24.4 Å². The maximum atomic E-state index is 11.9. The number of pyridine rings is 1. The largest absolute Gasteiger partial charge is 0.428 e. The molecule has 0 aromatic carbocycles. The maximum absolute atomic E-state index is 11.9. The molecule has 0 bridgehead atoms. The molecular formula is C17H21N3O2. The minimum atomic E-state index is -0.314. The number of hydrogen-bond acceptors (Lipinski definition) is 2. The van der Waals surface area contributed by atoms with Gasteiger partial charge in [0.1, 0.15) is 0 Å². The van der Waals surface area contributed by atoms with Crippen LogP contribution in [0.4, 0.5) is 4.79 Å². The highest BCUT2D eigenvalue weighted by molar-refractivity contribution is 5.75. The zero-order valence-corrected chi connectivity index (χ0v) is 12.5. The minimum Gasteiger partial charge on any atom is -0.428 e. The van der Waals surface area contributed by atoms with Crippen LogP contribution in [0.25, 0.3) is 11.3 Å². The van der Waals surface area contributed by atoms with Crippen LogP contribution in [0.15, 0.2) is 41.5 Å². The fourth-order valence-corrected chi connectivity index (χ4v) is 3.03. The van der Waals surface area contributed by atoms with E-state index in [1.165, 1.54) is 32.1 Å². The van der Waals surface area contributed by atoms with E-state index in [2.05, 4.69) is 10.3 Å². The van der Waals surface area contributed by atoms with E-state index in [-0.39, 0.29) is 6.03 Å². The summed E-state index contributed by atoms with van der Waals surface area (Å²) >= 11 is 0. The molecule has 0 saturated heterocycles. The number of nitrogens with zero attached hydrogens (tertiary/aromatic N) is 2. The Kier molecular flexibility index (Phi) is 4.42. The van der Waals surface area contributed by atoms with Gasteiger partial charge in [-0.1, -0.05) is 31.4 Å². The Labute approximate surface area is 129 Å². The van der Waals surface area contributed by atoms with Gasteiger partial charge < -0.3 is 10.5 Å². The fourth-order valence-electron chi connectivity index (χ4n) is 3.03. The van der Waals surface area contributed by atoms with Gasteiger partial charge in [-0.15, -0.1) is 0 Å².